The van der Waals surface area contributed by atoms with Crippen molar-refractivity contribution >= 4 is 39.2 Å². The van der Waals surface area contributed by atoms with Gasteiger partial charge in [-0.2, -0.15) is 0 Å². The molecule has 3 rings (SSSR count). The number of fused-ring (bicyclic) bond motifs is 1. The molecule has 0 N–H and O–H groups in total. The van der Waals surface area contributed by atoms with E-state index in [0.717, 1.165) is 15.2 Å². The van der Waals surface area contributed by atoms with E-state index < -0.39 is 4.92 Å². The molecule has 7 heteroatoms. The second kappa shape index (κ2) is 7.45. The van der Waals surface area contributed by atoms with Crippen molar-refractivity contribution in [1.29, 1.82) is 0 Å². The summed E-state index contributed by atoms with van der Waals surface area (Å²) in [4.78, 5) is 29.2. The first kappa shape index (κ1) is 17.8. The van der Waals surface area contributed by atoms with Gasteiger partial charge < -0.3 is 4.90 Å². The Labute approximate surface area is 154 Å². The molecule has 0 aliphatic rings. The third-order valence-electron chi connectivity index (χ3n) is 4.14. The number of nitrogens with zero attached hydrogens (tertiary/aromatic N) is 3. The lowest BCUT2D eigenvalue weighted by Gasteiger charge is -2.21. The van der Waals surface area contributed by atoms with Crippen LogP contribution in [0, 0.1) is 10.1 Å². The zero-order valence-corrected chi connectivity index (χ0v) is 15.1. The maximum Gasteiger partial charge on any atom is 0.276 e. The first-order valence-corrected chi connectivity index (χ1v) is 8.83. The highest BCUT2D eigenvalue weighted by Crippen LogP contribution is 2.29. The fourth-order valence-corrected chi connectivity index (χ4v) is 3.56. The van der Waals surface area contributed by atoms with E-state index in [9.17, 15) is 14.9 Å². The standard InChI is InChI=1S/C19H17N3O3S/c1-13(19-20-15-8-4-6-10-17(15)26-19)21(2)18(23)12-11-14-7-3-5-9-16(14)22(24)25/h3-13H,1-2H3/b12-11+/t13-/m0/s1. The number of likely N-dealkylation sites (N-methyl/N-ethyl adjacent to an activating group) is 1. The van der Waals surface area contributed by atoms with Crippen molar-refractivity contribution in [2.75, 3.05) is 7.05 Å². The molecule has 3 aromatic rings. The van der Waals surface area contributed by atoms with Gasteiger partial charge in [0.05, 0.1) is 26.7 Å². The van der Waals surface area contributed by atoms with Crippen molar-refractivity contribution < 1.29 is 9.72 Å². The van der Waals surface area contributed by atoms with E-state index in [-0.39, 0.29) is 17.6 Å². The second-order valence-electron chi connectivity index (χ2n) is 5.79. The highest BCUT2D eigenvalue weighted by Gasteiger charge is 2.19. The van der Waals surface area contributed by atoms with Gasteiger partial charge in [0, 0.05) is 19.2 Å². The maximum absolute atomic E-state index is 12.5. The topological polar surface area (TPSA) is 76.3 Å². The number of para-hydroxylation sites is 2. The van der Waals surface area contributed by atoms with Crippen LogP contribution in [0.2, 0.25) is 0 Å². The average Bonchev–Trinajstić information content (AvgIpc) is 3.09. The number of benzene rings is 2. The summed E-state index contributed by atoms with van der Waals surface area (Å²) in [6.45, 7) is 1.91. The summed E-state index contributed by atoms with van der Waals surface area (Å²) < 4.78 is 1.07. The molecule has 1 aromatic heterocycles. The Kier molecular flexibility index (Phi) is 5.09. The van der Waals surface area contributed by atoms with Gasteiger partial charge in [0.25, 0.3) is 5.69 Å². The molecule has 2 aromatic carbocycles. The van der Waals surface area contributed by atoms with E-state index in [2.05, 4.69) is 4.98 Å². The van der Waals surface area contributed by atoms with E-state index in [4.69, 9.17) is 0 Å². The Morgan fingerprint density at radius 1 is 1.23 bits per heavy atom. The van der Waals surface area contributed by atoms with Crippen molar-refractivity contribution in [2.24, 2.45) is 0 Å². The summed E-state index contributed by atoms with van der Waals surface area (Å²) in [5.41, 5.74) is 1.28. The highest BCUT2D eigenvalue weighted by atomic mass is 32.1. The van der Waals surface area contributed by atoms with Crippen LogP contribution in [0.5, 0.6) is 0 Å². The summed E-state index contributed by atoms with van der Waals surface area (Å²) in [5, 5.41) is 11.9. The molecule has 0 unspecified atom stereocenters. The molecule has 6 nitrogen and oxygen atoms in total. The zero-order chi connectivity index (χ0) is 18.7. The minimum Gasteiger partial charge on any atom is -0.333 e. The lowest BCUT2D eigenvalue weighted by molar-refractivity contribution is -0.385. The minimum absolute atomic E-state index is 0.0292. The van der Waals surface area contributed by atoms with Gasteiger partial charge in [0.1, 0.15) is 5.01 Å². The van der Waals surface area contributed by atoms with E-state index in [0.29, 0.717) is 5.56 Å². The third kappa shape index (κ3) is 3.62. The quantitative estimate of drug-likeness (QED) is 0.379. The summed E-state index contributed by atoms with van der Waals surface area (Å²) >= 11 is 1.55. The molecule has 1 amide bonds. The lowest BCUT2D eigenvalue weighted by atomic mass is 10.1. The molecule has 0 aliphatic heterocycles. The lowest BCUT2D eigenvalue weighted by Crippen LogP contribution is -2.27. The first-order chi connectivity index (χ1) is 12.5. The zero-order valence-electron chi connectivity index (χ0n) is 14.3. The Hall–Kier alpha value is -3.06. The molecular weight excluding hydrogens is 350 g/mol. The first-order valence-electron chi connectivity index (χ1n) is 8.01. The average molecular weight is 367 g/mol. The van der Waals surface area contributed by atoms with Crippen LogP contribution in [0.25, 0.3) is 16.3 Å². The number of hydrogen-bond acceptors (Lipinski definition) is 5. The molecular formula is C19H17N3O3S. The number of carbonyl (C=O) groups is 1. The smallest absolute Gasteiger partial charge is 0.276 e. The molecule has 0 aliphatic carbocycles. The maximum atomic E-state index is 12.5. The van der Waals surface area contributed by atoms with Gasteiger partial charge in [-0.3, -0.25) is 14.9 Å². The van der Waals surface area contributed by atoms with Gasteiger partial charge in [-0.1, -0.05) is 24.3 Å². The Balaban J connectivity index is 1.78. The van der Waals surface area contributed by atoms with Crippen molar-refractivity contribution in [2.45, 2.75) is 13.0 Å². The molecule has 132 valence electrons. The number of nitro groups is 1. The van der Waals surface area contributed by atoms with Gasteiger partial charge in [-0.05, 0) is 31.2 Å². The van der Waals surface area contributed by atoms with Crippen LogP contribution >= 0.6 is 11.3 Å². The number of aromatic nitrogens is 1. The Morgan fingerprint density at radius 2 is 1.92 bits per heavy atom. The van der Waals surface area contributed by atoms with Crippen LogP contribution in [-0.4, -0.2) is 27.8 Å². The normalized spacial score (nSPS) is 12.4. The van der Waals surface area contributed by atoms with Gasteiger partial charge >= 0.3 is 0 Å². The Bertz CT molecular complexity index is 963. The van der Waals surface area contributed by atoms with Crippen LogP contribution in [0.1, 0.15) is 23.5 Å². The van der Waals surface area contributed by atoms with Crippen molar-refractivity contribution in [3.05, 3.63) is 75.3 Å². The number of rotatable bonds is 5. The van der Waals surface area contributed by atoms with Crippen LogP contribution in [0.3, 0.4) is 0 Å². The highest BCUT2D eigenvalue weighted by molar-refractivity contribution is 7.18. The van der Waals surface area contributed by atoms with Crippen LogP contribution in [0.15, 0.2) is 54.6 Å². The summed E-state index contributed by atoms with van der Waals surface area (Å²) in [6, 6.07) is 14.0. The molecule has 0 spiro atoms. The largest absolute Gasteiger partial charge is 0.333 e. The van der Waals surface area contributed by atoms with Crippen molar-refractivity contribution in [3.8, 4) is 0 Å². The fraction of sp³-hybridized carbons (Fsp3) is 0.158. The summed E-state index contributed by atoms with van der Waals surface area (Å²) in [7, 11) is 1.70. The van der Waals surface area contributed by atoms with Gasteiger partial charge in [-0.15, -0.1) is 11.3 Å². The number of nitro benzene ring substituents is 1. The van der Waals surface area contributed by atoms with Crippen molar-refractivity contribution in [3.63, 3.8) is 0 Å². The predicted molar refractivity (Wildman–Crippen MR) is 103 cm³/mol. The summed E-state index contributed by atoms with van der Waals surface area (Å²) in [6.07, 6.45) is 2.83. The van der Waals surface area contributed by atoms with Crippen molar-refractivity contribution in [1.82, 2.24) is 9.88 Å². The number of carbonyl (C=O) groups excluding carboxylic acids is 1. The SMILES string of the molecule is C[C@@H](c1nc2ccccc2s1)N(C)C(=O)/C=C/c1ccccc1[N+](=O)[O-]. The number of hydrogen-bond donors (Lipinski definition) is 0. The van der Waals surface area contributed by atoms with Gasteiger partial charge in [0.15, 0.2) is 0 Å². The second-order valence-corrected chi connectivity index (χ2v) is 6.86. The fourth-order valence-electron chi connectivity index (χ4n) is 2.50. The third-order valence-corrected chi connectivity index (χ3v) is 5.34. The van der Waals surface area contributed by atoms with Crippen LogP contribution in [0.4, 0.5) is 5.69 Å². The van der Waals surface area contributed by atoms with Gasteiger partial charge in [0.2, 0.25) is 5.91 Å². The predicted octanol–water partition coefficient (Wildman–Crippen LogP) is 4.44. The monoisotopic (exact) mass is 367 g/mol. The molecule has 0 saturated carbocycles. The molecule has 0 bridgehead atoms. The van der Waals surface area contributed by atoms with E-state index in [1.165, 1.54) is 18.2 Å². The molecule has 1 heterocycles. The van der Waals surface area contributed by atoms with E-state index in [1.54, 1.807) is 41.5 Å². The molecule has 0 saturated heterocycles. The minimum atomic E-state index is -0.461. The Morgan fingerprint density at radius 3 is 2.65 bits per heavy atom. The van der Waals surface area contributed by atoms with E-state index >= 15 is 0 Å². The molecule has 26 heavy (non-hydrogen) atoms. The molecule has 0 fully saturated rings. The van der Waals surface area contributed by atoms with E-state index in [1.807, 2.05) is 31.2 Å². The van der Waals surface area contributed by atoms with Gasteiger partial charge in [-0.25, -0.2) is 4.98 Å². The summed E-state index contributed by atoms with van der Waals surface area (Å²) in [5.74, 6) is -0.241. The number of thiazole rings is 1. The number of amides is 1. The molecule has 0 radical (unpaired) electrons. The van der Waals surface area contributed by atoms with Crippen LogP contribution in [-0.2, 0) is 4.79 Å². The van der Waals surface area contributed by atoms with Crippen LogP contribution < -0.4 is 0 Å². The molecule has 1 atom stereocenters.